The van der Waals surface area contributed by atoms with E-state index in [0.29, 0.717) is 39.3 Å². The predicted molar refractivity (Wildman–Crippen MR) is 82.4 cm³/mol. The van der Waals surface area contributed by atoms with E-state index in [0.717, 1.165) is 25.0 Å². The van der Waals surface area contributed by atoms with E-state index in [9.17, 15) is 18.4 Å². The summed E-state index contributed by atoms with van der Waals surface area (Å²) in [5, 5.41) is 0. The number of benzene rings is 1. The van der Waals surface area contributed by atoms with Gasteiger partial charge in [-0.05, 0) is 37.5 Å². The third-order valence-corrected chi connectivity index (χ3v) is 4.54. The first-order chi connectivity index (χ1) is 11.6. The van der Waals surface area contributed by atoms with Gasteiger partial charge in [0.05, 0.1) is 13.2 Å². The van der Waals surface area contributed by atoms with E-state index in [4.69, 9.17) is 4.74 Å². The standard InChI is InChI=1S/C17H20F2N2O3/c18-13-5-4-12(11-14(13)19)16(22)21-6-2-1-3-15(21)17(23)20-7-9-24-10-8-20/h4-5,11,15H,1-3,6-10H2/t15-/m1/s1. The fourth-order valence-electron chi connectivity index (χ4n) is 3.22. The molecule has 0 unspecified atom stereocenters. The summed E-state index contributed by atoms with van der Waals surface area (Å²) < 4.78 is 31.8. The van der Waals surface area contributed by atoms with Gasteiger partial charge in [-0.2, -0.15) is 0 Å². The zero-order valence-electron chi connectivity index (χ0n) is 13.3. The van der Waals surface area contributed by atoms with E-state index in [2.05, 4.69) is 0 Å². The van der Waals surface area contributed by atoms with Gasteiger partial charge in [0.1, 0.15) is 6.04 Å². The molecular weight excluding hydrogens is 318 g/mol. The van der Waals surface area contributed by atoms with Gasteiger partial charge < -0.3 is 14.5 Å². The number of hydrogen-bond donors (Lipinski definition) is 0. The molecule has 24 heavy (non-hydrogen) atoms. The highest BCUT2D eigenvalue weighted by molar-refractivity contribution is 5.97. The highest BCUT2D eigenvalue weighted by atomic mass is 19.2. The maximum absolute atomic E-state index is 13.4. The lowest BCUT2D eigenvalue weighted by Crippen LogP contribution is -2.55. The lowest BCUT2D eigenvalue weighted by molar-refractivity contribution is -0.141. The Bertz CT molecular complexity index is 632. The van der Waals surface area contributed by atoms with Crippen LogP contribution < -0.4 is 0 Å². The average Bonchev–Trinajstić information content (AvgIpc) is 2.63. The molecule has 0 radical (unpaired) electrons. The number of ether oxygens (including phenoxy) is 1. The van der Waals surface area contributed by atoms with E-state index < -0.39 is 23.6 Å². The monoisotopic (exact) mass is 338 g/mol. The van der Waals surface area contributed by atoms with Gasteiger partial charge in [0.25, 0.3) is 5.91 Å². The number of hydrogen-bond acceptors (Lipinski definition) is 3. The van der Waals surface area contributed by atoms with Crippen LogP contribution in [0.5, 0.6) is 0 Å². The Hall–Kier alpha value is -2.02. The molecule has 0 saturated carbocycles. The van der Waals surface area contributed by atoms with Crippen molar-refractivity contribution in [2.75, 3.05) is 32.8 Å². The van der Waals surface area contributed by atoms with Crippen LogP contribution in [0.15, 0.2) is 18.2 Å². The van der Waals surface area contributed by atoms with Crippen LogP contribution in [0.3, 0.4) is 0 Å². The summed E-state index contributed by atoms with van der Waals surface area (Å²) in [6.07, 6.45) is 2.25. The van der Waals surface area contributed by atoms with Crippen molar-refractivity contribution in [3.63, 3.8) is 0 Å². The lowest BCUT2D eigenvalue weighted by Gasteiger charge is -2.38. The molecule has 0 spiro atoms. The normalized spacial score (nSPS) is 21.7. The molecule has 0 aliphatic carbocycles. The molecule has 130 valence electrons. The average molecular weight is 338 g/mol. The Balaban J connectivity index is 1.79. The fourth-order valence-corrected chi connectivity index (χ4v) is 3.22. The molecule has 0 aromatic heterocycles. The van der Waals surface area contributed by atoms with Gasteiger partial charge in [-0.3, -0.25) is 9.59 Å². The summed E-state index contributed by atoms with van der Waals surface area (Å²) in [5.74, 6) is -2.57. The molecule has 1 atom stereocenters. The highest BCUT2D eigenvalue weighted by Crippen LogP contribution is 2.22. The van der Waals surface area contributed by atoms with Gasteiger partial charge in [0, 0.05) is 25.2 Å². The van der Waals surface area contributed by atoms with E-state index in [1.54, 1.807) is 4.90 Å². The Labute approximate surface area is 139 Å². The minimum Gasteiger partial charge on any atom is -0.378 e. The van der Waals surface area contributed by atoms with Gasteiger partial charge in [0.2, 0.25) is 5.91 Å². The molecule has 3 rings (SSSR count). The second-order valence-corrected chi connectivity index (χ2v) is 6.08. The lowest BCUT2D eigenvalue weighted by atomic mass is 9.99. The second-order valence-electron chi connectivity index (χ2n) is 6.08. The Morgan fingerprint density at radius 3 is 2.50 bits per heavy atom. The third kappa shape index (κ3) is 3.40. The smallest absolute Gasteiger partial charge is 0.254 e. The first-order valence-corrected chi connectivity index (χ1v) is 8.20. The molecule has 7 heteroatoms. The molecule has 2 fully saturated rings. The quantitative estimate of drug-likeness (QED) is 0.826. The number of nitrogens with zero attached hydrogens (tertiary/aromatic N) is 2. The van der Waals surface area contributed by atoms with Gasteiger partial charge in [-0.15, -0.1) is 0 Å². The van der Waals surface area contributed by atoms with Crippen LogP contribution in [0.4, 0.5) is 8.78 Å². The van der Waals surface area contributed by atoms with E-state index in [-0.39, 0.29) is 11.5 Å². The van der Waals surface area contributed by atoms with Gasteiger partial charge >= 0.3 is 0 Å². The molecular formula is C17H20F2N2O3. The fraction of sp³-hybridized carbons (Fsp3) is 0.529. The summed E-state index contributed by atoms with van der Waals surface area (Å²) in [4.78, 5) is 28.7. The molecule has 1 aromatic rings. The molecule has 2 amide bonds. The van der Waals surface area contributed by atoms with E-state index in [1.807, 2.05) is 0 Å². The van der Waals surface area contributed by atoms with E-state index >= 15 is 0 Å². The topological polar surface area (TPSA) is 49.9 Å². The molecule has 2 aliphatic rings. The van der Waals surface area contributed by atoms with Crippen molar-refractivity contribution in [1.82, 2.24) is 9.80 Å². The maximum atomic E-state index is 13.4. The third-order valence-electron chi connectivity index (χ3n) is 4.54. The molecule has 2 aliphatic heterocycles. The number of likely N-dealkylation sites (tertiary alicyclic amines) is 1. The molecule has 5 nitrogen and oxygen atoms in total. The van der Waals surface area contributed by atoms with Gasteiger partial charge in [-0.1, -0.05) is 0 Å². The summed E-state index contributed by atoms with van der Waals surface area (Å²) in [6.45, 7) is 2.47. The number of carbonyl (C=O) groups is 2. The first kappa shape index (κ1) is 16.8. The number of amides is 2. The number of piperidine rings is 1. The Kier molecular flexibility index (Phi) is 5.08. The number of rotatable bonds is 2. The van der Waals surface area contributed by atoms with Gasteiger partial charge in [0.15, 0.2) is 11.6 Å². The largest absolute Gasteiger partial charge is 0.378 e. The van der Waals surface area contributed by atoms with Crippen molar-refractivity contribution in [1.29, 1.82) is 0 Å². The van der Waals surface area contributed by atoms with Gasteiger partial charge in [-0.25, -0.2) is 8.78 Å². The van der Waals surface area contributed by atoms with Crippen LogP contribution in [0.2, 0.25) is 0 Å². The van der Waals surface area contributed by atoms with Crippen molar-refractivity contribution in [2.45, 2.75) is 25.3 Å². The predicted octanol–water partition coefficient (Wildman–Crippen LogP) is 1.82. The van der Waals surface area contributed by atoms with Crippen LogP contribution in [-0.2, 0) is 9.53 Å². The molecule has 2 heterocycles. The van der Waals surface area contributed by atoms with Crippen molar-refractivity contribution >= 4 is 11.8 Å². The SMILES string of the molecule is O=C([C@H]1CCCCN1C(=O)c1ccc(F)c(F)c1)N1CCOCC1. The van der Waals surface area contributed by atoms with Crippen LogP contribution >= 0.6 is 0 Å². The summed E-state index contributed by atoms with van der Waals surface area (Å²) in [7, 11) is 0. The van der Waals surface area contributed by atoms with Crippen molar-refractivity contribution in [3.05, 3.63) is 35.4 Å². The van der Waals surface area contributed by atoms with Crippen LogP contribution in [0.1, 0.15) is 29.6 Å². The van der Waals surface area contributed by atoms with Crippen LogP contribution in [0, 0.1) is 11.6 Å². The highest BCUT2D eigenvalue weighted by Gasteiger charge is 2.35. The number of morpholine rings is 1. The second kappa shape index (κ2) is 7.25. The van der Waals surface area contributed by atoms with E-state index in [1.165, 1.54) is 11.0 Å². The van der Waals surface area contributed by atoms with Crippen LogP contribution in [0.25, 0.3) is 0 Å². The van der Waals surface area contributed by atoms with Crippen molar-refractivity contribution < 1.29 is 23.1 Å². The summed E-state index contributed by atoms with van der Waals surface area (Å²) in [5.41, 5.74) is 0.0653. The Morgan fingerprint density at radius 1 is 1.04 bits per heavy atom. The van der Waals surface area contributed by atoms with Crippen LogP contribution in [-0.4, -0.2) is 60.5 Å². The molecule has 2 saturated heterocycles. The molecule has 0 bridgehead atoms. The minimum absolute atomic E-state index is 0.0653. The van der Waals surface area contributed by atoms with Crippen molar-refractivity contribution in [3.8, 4) is 0 Å². The molecule has 1 aromatic carbocycles. The summed E-state index contributed by atoms with van der Waals surface area (Å²) >= 11 is 0. The van der Waals surface area contributed by atoms with Crippen molar-refractivity contribution in [2.24, 2.45) is 0 Å². The number of halogens is 2. The molecule has 0 N–H and O–H groups in total. The Morgan fingerprint density at radius 2 is 1.79 bits per heavy atom. The number of carbonyl (C=O) groups excluding carboxylic acids is 2. The zero-order chi connectivity index (χ0) is 17.1. The minimum atomic E-state index is -1.06. The summed E-state index contributed by atoms with van der Waals surface area (Å²) in [6, 6.07) is 2.54. The first-order valence-electron chi connectivity index (χ1n) is 8.20. The zero-order valence-corrected chi connectivity index (χ0v) is 13.3. The maximum Gasteiger partial charge on any atom is 0.254 e.